The summed E-state index contributed by atoms with van der Waals surface area (Å²) < 4.78 is 30.1. The first-order valence-electron chi connectivity index (χ1n) is 11.6. The molecule has 0 atom stereocenters. The third-order valence-corrected chi connectivity index (χ3v) is 9.17. The number of nitrogens with zero attached hydrogens (tertiary/aromatic N) is 5. The van der Waals surface area contributed by atoms with Gasteiger partial charge in [0.2, 0.25) is 10.0 Å². The Hall–Kier alpha value is -3.08. The molecule has 1 aliphatic heterocycles. The Bertz CT molecular complexity index is 1440. The largest absolute Gasteiger partial charge is 0.282 e. The molecule has 1 aliphatic rings. The van der Waals surface area contributed by atoms with Crippen molar-refractivity contribution in [2.75, 3.05) is 24.5 Å². The number of amides is 1. The summed E-state index contributed by atoms with van der Waals surface area (Å²) in [6, 6.07) is 16.0. The molecule has 10 heteroatoms. The lowest BCUT2D eigenvalue weighted by molar-refractivity contribution is 0.0985. The molecule has 2 aromatic heterocycles. The van der Waals surface area contributed by atoms with Crippen molar-refractivity contribution < 1.29 is 13.2 Å². The van der Waals surface area contributed by atoms with Gasteiger partial charge in [0.25, 0.3) is 5.91 Å². The summed E-state index contributed by atoms with van der Waals surface area (Å²) in [5, 5.41) is 5.12. The first-order chi connectivity index (χ1) is 16.8. The monoisotopic (exact) mass is 509 g/mol. The molecular weight excluding hydrogens is 482 g/mol. The lowest BCUT2D eigenvalue weighted by Gasteiger charge is -2.21. The Balaban J connectivity index is 1.44. The normalized spacial score (nSPS) is 14.6. The summed E-state index contributed by atoms with van der Waals surface area (Å²) in [5.74, 6) is -0.226. The molecule has 0 saturated carbocycles. The van der Waals surface area contributed by atoms with E-state index in [4.69, 9.17) is 4.98 Å². The molecule has 8 nitrogen and oxygen atoms in total. The van der Waals surface area contributed by atoms with Crippen LogP contribution < -0.4 is 4.90 Å². The molecule has 1 amide bonds. The van der Waals surface area contributed by atoms with Crippen LogP contribution in [0.3, 0.4) is 0 Å². The zero-order valence-corrected chi connectivity index (χ0v) is 21.3. The molecule has 0 spiro atoms. The number of aryl methyl sites for hydroxylation is 2. The zero-order chi connectivity index (χ0) is 24.6. The van der Waals surface area contributed by atoms with Crippen molar-refractivity contribution in [2.24, 2.45) is 0 Å². The number of fused-ring (bicyclic) bond motifs is 1. The van der Waals surface area contributed by atoms with Crippen molar-refractivity contribution in [3.8, 4) is 0 Å². The SMILES string of the molecule is Cc1cc(C)n(CCN(C(=O)c2ccc(S(=O)(=O)N3CCCC3)cc2)c2nc3ccccc3s2)n1. The first kappa shape index (κ1) is 23.7. The second kappa shape index (κ2) is 9.52. The fraction of sp³-hybridized carbons (Fsp3) is 0.320. The van der Waals surface area contributed by atoms with Gasteiger partial charge in [-0.1, -0.05) is 23.5 Å². The van der Waals surface area contributed by atoms with Crippen LogP contribution in [0.25, 0.3) is 10.2 Å². The zero-order valence-electron chi connectivity index (χ0n) is 19.7. The van der Waals surface area contributed by atoms with Crippen molar-refractivity contribution in [1.82, 2.24) is 19.1 Å². The van der Waals surface area contributed by atoms with Crippen molar-refractivity contribution in [3.63, 3.8) is 0 Å². The number of rotatable bonds is 7. The molecular formula is C25H27N5O3S2. The van der Waals surface area contributed by atoms with Crippen LogP contribution in [0.2, 0.25) is 0 Å². The van der Waals surface area contributed by atoms with Gasteiger partial charge in [-0.2, -0.15) is 9.40 Å². The molecule has 1 fully saturated rings. The molecule has 2 aromatic carbocycles. The summed E-state index contributed by atoms with van der Waals surface area (Å²) in [6.07, 6.45) is 1.75. The van der Waals surface area contributed by atoms with Crippen molar-refractivity contribution in [3.05, 3.63) is 71.5 Å². The van der Waals surface area contributed by atoms with Crippen LogP contribution in [0.4, 0.5) is 5.13 Å². The minimum absolute atomic E-state index is 0.213. The molecule has 0 unspecified atom stereocenters. The number of para-hydroxylation sites is 1. The van der Waals surface area contributed by atoms with Gasteiger partial charge in [0.1, 0.15) is 0 Å². The standard InChI is InChI=1S/C25H27N5O3S2/c1-18-17-19(2)30(27-18)16-15-29(25-26-22-7-3-4-8-23(22)34-25)24(31)20-9-11-21(12-10-20)35(32,33)28-13-5-6-14-28/h3-4,7-12,17H,5-6,13-16H2,1-2H3. The van der Waals surface area contributed by atoms with Crippen LogP contribution in [0.15, 0.2) is 59.5 Å². The lowest BCUT2D eigenvalue weighted by atomic mass is 10.2. The quantitative estimate of drug-likeness (QED) is 0.372. The van der Waals surface area contributed by atoms with E-state index in [1.165, 1.54) is 27.8 Å². The number of anilines is 1. The van der Waals surface area contributed by atoms with E-state index in [9.17, 15) is 13.2 Å². The topological polar surface area (TPSA) is 88.4 Å². The summed E-state index contributed by atoms with van der Waals surface area (Å²) >= 11 is 1.46. The number of carbonyl (C=O) groups excluding carboxylic acids is 1. The average molecular weight is 510 g/mol. The fourth-order valence-electron chi connectivity index (χ4n) is 4.36. The molecule has 35 heavy (non-hydrogen) atoms. The predicted octanol–water partition coefficient (Wildman–Crippen LogP) is 4.24. The number of aromatic nitrogens is 3. The van der Waals surface area contributed by atoms with Gasteiger partial charge in [-0.05, 0) is 69.2 Å². The average Bonchev–Trinajstić information content (AvgIpc) is 3.59. The van der Waals surface area contributed by atoms with Gasteiger partial charge in [0, 0.05) is 30.9 Å². The molecule has 0 aliphatic carbocycles. The second-order valence-electron chi connectivity index (χ2n) is 8.71. The Morgan fingerprint density at radius 2 is 1.77 bits per heavy atom. The number of carbonyl (C=O) groups is 1. The Morgan fingerprint density at radius 3 is 2.43 bits per heavy atom. The number of hydrogen-bond acceptors (Lipinski definition) is 6. The molecule has 0 radical (unpaired) electrons. The van der Waals surface area contributed by atoms with Gasteiger partial charge in [-0.15, -0.1) is 0 Å². The highest BCUT2D eigenvalue weighted by Crippen LogP contribution is 2.30. The van der Waals surface area contributed by atoms with E-state index in [2.05, 4.69) is 5.10 Å². The van der Waals surface area contributed by atoms with E-state index >= 15 is 0 Å². The Morgan fingerprint density at radius 1 is 1.06 bits per heavy atom. The van der Waals surface area contributed by atoms with E-state index in [0.29, 0.717) is 36.9 Å². The summed E-state index contributed by atoms with van der Waals surface area (Å²) in [6.45, 7) is 5.92. The van der Waals surface area contributed by atoms with Crippen LogP contribution >= 0.6 is 11.3 Å². The maximum atomic E-state index is 13.7. The number of benzene rings is 2. The molecule has 5 rings (SSSR count). The third-order valence-electron chi connectivity index (χ3n) is 6.20. The fourth-order valence-corrected chi connectivity index (χ4v) is 6.87. The third kappa shape index (κ3) is 4.73. The van der Waals surface area contributed by atoms with Crippen LogP contribution in [-0.2, 0) is 16.6 Å². The number of thiazole rings is 1. The van der Waals surface area contributed by atoms with Crippen LogP contribution in [0.5, 0.6) is 0 Å². The van der Waals surface area contributed by atoms with E-state index in [1.54, 1.807) is 17.0 Å². The highest BCUT2D eigenvalue weighted by molar-refractivity contribution is 7.89. The highest BCUT2D eigenvalue weighted by atomic mass is 32.2. The molecule has 1 saturated heterocycles. The number of hydrogen-bond donors (Lipinski definition) is 0. The van der Waals surface area contributed by atoms with Gasteiger partial charge >= 0.3 is 0 Å². The first-order valence-corrected chi connectivity index (χ1v) is 13.9. The van der Waals surface area contributed by atoms with Gasteiger partial charge in [-0.3, -0.25) is 14.4 Å². The molecule has 4 aromatic rings. The maximum absolute atomic E-state index is 13.7. The van der Waals surface area contributed by atoms with Crippen LogP contribution in [0.1, 0.15) is 34.6 Å². The van der Waals surface area contributed by atoms with Crippen molar-refractivity contribution >= 4 is 42.6 Å². The summed E-state index contributed by atoms with van der Waals surface area (Å²) in [5.41, 5.74) is 3.20. The van der Waals surface area contributed by atoms with E-state index in [0.717, 1.165) is 34.4 Å². The minimum Gasteiger partial charge on any atom is -0.282 e. The Labute approximate surface area is 208 Å². The molecule has 3 heterocycles. The van der Waals surface area contributed by atoms with Crippen LogP contribution in [-0.4, -0.2) is 53.0 Å². The summed E-state index contributed by atoms with van der Waals surface area (Å²) in [4.78, 5) is 20.2. The smallest absolute Gasteiger partial charge is 0.260 e. The van der Waals surface area contributed by atoms with Gasteiger partial charge in [0.05, 0.1) is 27.4 Å². The maximum Gasteiger partial charge on any atom is 0.260 e. The van der Waals surface area contributed by atoms with Gasteiger partial charge < -0.3 is 0 Å². The summed E-state index contributed by atoms with van der Waals surface area (Å²) in [7, 11) is -3.53. The lowest BCUT2D eigenvalue weighted by Crippen LogP contribution is -2.34. The second-order valence-corrected chi connectivity index (χ2v) is 11.7. The van der Waals surface area contributed by atoms with Gasteiger partial charge in [-0.25, -0.2) is 13.4 Å². The Kier molecular flexibility index (Phi) is 6.43. The van der Waals surface area contributed by atoms with E-state index in [-0.39, 0.29) is 10.8 Å². The van der Waals surface area contributed by atoms with E-state index < -0.39 is 10.0 Å². The number of sulfonamides is 1. The predicted molar refractivity (Wildman–Crippen MR) is 137 cm³/mol. The highest BCUT2D eigenvalue weighted by Gasteiger charge is 2.28. The van der Waals surface area contributed by atoms with Crippen LogP contribution in [0, 0.1) is 13.8 Å². The molecule has 0 bridgehead atoms. The molecule has 0 N–H and O–H groups in total. The van der Waals surface area contributed by atoms with Gasteiger partial charge in [0.15, 0.2) is 5.13 Å². The van der Waals surface area contributed by atoms with E-state index in [1.807, 2.05) is 48.9 Å². The minimum atomic E-state index is -3.53. The molecule has 182 valence electrons. The van der Waals surface area contributed by atoms with Crippen molar-refractivity contribution in [2.45, 2.75) is 38.1 Å². The van der Waals surface area contributed by atoms with Crippen molar-refractivity contribution in [1.29, 1.82) is 0 Å².